The number of aromatic nitrogens is 5. The Morgan fingerprint density at radius 3 is 2.72 bits per heavy atom. The second-order valence-corrected chi connectivity index (χ2v) is 6.95. The van der Waals surface area contributed by atoms with Crippen LogP contribution in [0.15, 0.2) is 41.4 Å². The molecule has 3 aromatic heterocycles. The number of aryl methyl sites for hydroxylation is 1. The van der Waals surface area contributed by atoms with Crippen molar-refractivity contribution in [3.63, 3.8) is 0 Å². The number of carbonyl (C=O) groups excluding carboxylic acids is 1. The second kappa shape index (κ2) is 6.54. The van der Waals surface area contributed by atoms with E-state index in [-0.39, 0.29) is 5.91 Å². The molecule has 0 unspecified atom stereocenters. The zero-order valence-corrected chi connectivity index (χ0v) is 14.7. The van der Waals surface area contributed by atoms with Crippen molar-refractivity contribution in [1.29, 1.82) is 0 Å². The first-order chi connectivity index (χ1) is 12.2. The van der Waals surface area contributed by atoms with E-state index < -0.39 is 0 Å². The molecule has 1 amide bonds. The first-order valence-electron chi connectivity index (χ1n) is 7.34. The van der Waals surface area contributed by atoms with Gasteiger partial charge in [-0.1, -0.05) is 29.8 Å². The van der Waals surface area contributed by atoms with Gasteiger partial charge in [0.1, 0.15) is 12.0 Å². The number of rotatable bonds is 4. The minimum absolute atomic E-state index is 0.299. The van der Waals surface area contributed by atoms with Crippen molar-refractivity contribution in [2.24, 2.45) is 0 Å². The van der Waals surface area contributed by atoms with Crippen LogP contribution >= 0.6 is 22.7 Å². The topological polar surface area (TPSA) is 96.5 Å². The highest BCUT2D eigenvalue weighted by Crippen LogP contribution is 2.26. The first-order valence-corrected chi connectivity index (χ1v) is 9.10. The quantitative estimate of drug-likeness (QED) is 0.573. The SMILES string of the molecule is Cc1ccc(-c2csc(NC(=O)c3csc(-c4ncn[nH]4)n3)n2)cc1. The molecule has 25 heavy (non-hydrogen) atoms. The van der Waals surface area contributed by atoms with Crippen molar-refractivity contribution in [2.75, 3.05) is 5.32 Å². The Balaban J connectivity index is 1.49. The summed E-state index contributed by atoms with van der Waals surface area (Å²) in [6.07, 6.45) is 1.40. The fourth-order valence-corrected chi connectivity index (χ4v) is 3.60. The number of thiazole rings is 2. The van der Waals surface area contributed by atoms with Crippen LogP contribution in [0.25, 0.3) is 22.1 Å². The molecule has 0 atom stereocenters. The van der Waals surface area contributed by atoms with Gasteiger partial charge < -0.3 is 0 Å². The van der Waals surface area contributed by atoms with Crippen LogP contribution in [0.1, 0.15) is 16.1 Å². The fraction of sp³-hybridized carbons (Fsp3) is 0.0625. The van der Waals surface area contributed by atoms with E-state index in [0.29, 0.717) is 21.7 Å². The molecule has 0 aliphatic rings. The number of benzene rings is 1. The molecule has 2 N–H and O–H groups in total. The Labute approximate surface area is 150 Å². The number of nitrogens with zero attached hydrogens (tertiary/aromatic N) is 4. The number of hydrogen-bond acceptors (Lipinski definition) is 7. The molecule has 4 rings (SSSR count). The molecular weight excluding hydrogens is 356 g/mol. The molecule has 7 nitrogen and oxygen atoms in total. The van der Waals surface area contributed by atoms with Crippen LogP contribution in [0.2, 0.25) is 0 Å². The lowest BCUT2D eigenvalue weighted by atomic mass is 10.1. The van der Waals surface area contributed by atoms with Crippen molar-refractivity contribution < 1.29 is 4.79 Å². The van der Waals surface area contributed by atoms with E-state index in [0.717, 1.165) is 11.3 Å². The minimum atomic E-state index is -0.299. The van der Waals surface area contributed by atoms with Gasteiger partial charge in [-0.3, -0.25) is 15.2 Å². The average Bonchev–Trinajstić information content (AvgIpc) is 3.36. The maximum atomic E-state index is 12.3. The number of hydrogen-bond donors (Lipinski definition) is 2. The van der Waals surface area contributed by atoms with Gasteiger partial charge in [0.2, 0.25) is 0 Å². The molecule has 0 aliphatic heterocycles. The molecule has 3 heterocycles. The number of nitrogens with one attached hydrogen (secondary N) is 2. The predicted octanol–water partition coefficient (Wildman–Crippen LogP) is 3.61. The van der Waals surface area contributed by atoms with Crippen LogP contribution in [0.5, 0.6) is 0 Å². The minimum Gasteiger partial charge on any atom is -0.296 e. The summed E-state index contributed by atoms with van der Waals surface area (Å²) in [4.78, 5) is 25.1. The molecule has 9 heteroatoms. The van der Waals surface area contributed by atoms with E-state index in [1.165, 1.54) is 34.6 Å². The van der Waals surface area contributed by atoms with Gasteiger partial charge >= 0.3 is 0 Å². The van der Waals surface area contributed by atoms with Crippen molar-refractivity contribution in [3.8, 4) is 22.1 Å². The number of amides is 1. The van der Waals surface area contributed by atoms with Gasteiger partial charge in [0.25, 0.3) is 5.91 Å². The molecule has 0 saturated heterocycles. The Morgan fingerprint density at radius 1 is 1.12 bits per heavy atom. The highest BCUT2D eigenvalue weighted by atomic mass is 32.1. The molecule has 1 aromatic carbocycles. The van der Waals surface area contributed by atoms with E-state index in [9.17, 15) is 4.79 Å². The van der Waals surface area contributed by atoms with Crippen molar-refractivity contribution in [2.45, 2.75) is 6.92 Å². The molecular formula is C16H12N6OS2. The van der Waals surface area contributed by atoms with Gasteiger partial charge in [0.05, 0.1) is 5.69 Å². The standard InChI is InChI=1S/C16H12N6OS2/c1-9-2-4-10(5-3-9)11-6-25-16(20-11)21-14(23)12-7-24-15(19-12)13-17-8-18-22-13/h2-8H,1H3,(H,17,18,22)(H,20,21,23). The molecule has 0 spiro atoms. The van der Waals surface area contributed by atoms with Gasteiger partial charge in [-0.2, -0.15) is 5.10 Å². The third-order valence-electron chi connectivity index (χ3n) is 3.43. The number of carbonyl (C=O) groups is 1. The first kappa shape index (κ1) is 15.6. The molecule has 124 valence electrons. The van der Waals surface area contributed by atoms with Crippen LogP contribution in [0.4, 0.5) is 5.13 Å². The summed E-state index contributed by atoms with van der Waals surface area (Å²) in [5.41, 5.74) is 3.37. The lowest BCUT2D eigenvalue weighted by molar-refractivity contribution is 0.102. The summed E-state index contributed by atoms with van der Waals surface area (Å²) in [5, 5.41) is 14.0. The van der Waals surface area contributed by atoms with E-state index in [2.05, 4.69) is 30.5 Å². The summed E-state index contributed by atoms with van der Waals surface area (Å²) in [5.74, 6) is 0.242. The van der Waals surface area contributed by atoms with E-state index >= 15 is 0 Å². The average molecular weight is 368 g/mol. The van der Waals surface area contributed by atoms with Gasteiger partial charge in [0.15, 0.2) is 16.0 Å². The molecule has 0 radical (unpaired) electrons. The second-order valence-electron chi connectivity index (χ2n) is 5.23. The lowest BCUT2D eigenvalue weighted by Crippen LogP contribution is -2.12. The lowest BCUT2D eigenvalue weighted by Gasteiger charge is -1.99. The van der Waals surface area contributed by atoms with Gasteiger partial charge in [-0.05, 0) is 6.92 Å². The Morgan fingerprint density at radius 2 is 1.96 bits per heavy atom. The zero-order valence-electron chi connectivity index (χ0n) is 13.1. The largest absolute Gasteiger partial charge is 0.296 e. The Kier molecular flexibility index (Phi) is 4.08. The van der Waals surface area contributed by atoms with Crippen LogP contribution in [-0.2, 0) is 0 Å². The predicted molar refractivity (Wildman–Crippen MR) is 97.7 cm³/mol. The van der Waals surface area contributed by atoms with Crippen LogP contribution < -0.4 is 5.32 Å². The number of anilines is 1. The normalized spacial score (nSPS) is 10.8. The number of aromatic amines is 1. The maximum absolute atomic E-state index is 12.3. The monoisotopic (exact) mass is 368 g/mol. The van der Waals surface area contributed by atoms with Gasteiger partial charge in [-0.25, -0.2) is 15.0 Å². The highest BCUT2D eigenvalue weighted by Gasteiger charge is 2.15. The van der Waals surface area contributed by atoms with Crippen molar-refractivity contribution in [1.82, 2.24) is 25.1 Å². The third kappa shape index (κ3) is 3.32. The third-order valence-corrected chi connectivity index (χ3v) is 5.03. The summed E-state index contributed by atoms with van der Waals surface area (Å²) in [6, 6.07) is 8.10. The smallest absolute Gasteiger partial charge is 0.276 e. The Bertz CT molecular complexity index is 1000. The molecule has 0 fully saturated rings. The molecule has 0 bridgehead atoms. The fourth-order valence-electron chi connectivity index (χ4n) is 2.14. The van der Waals surface area contributed by atoms with E-state index in [1.54, 1.807) is 5.38 Å². The van der Waals surface area contributed by atoms with E-state index in [1.807, 2.05) is 36.6 Å². The Hall–Kier alpha value is -2.91. The summed E-state index contributed by atoms with van der Waals surface area (Å²) < 4.78 is 0. The number of H-pyrrole nitrogens is 1. The summed E-state index contributed by atoms with van der Waals surface area (Å²) in [7, 11) is 0. The van der Waals surface area contributed by atoms with E-state index in [4.69, 9.17) is 0 Å². The highest BCUT2D eigenvalue weighted by molar-refractivity contribution is 7.14. The molecule has 4 aromatic rings. The van der Waals surface area contributed by atoms with Gasteiger partial charge in [0, 0.05) is 16.3 Å². The molecule has 0 saturated carbocycles. The van der Waals surface area contributed by atoms with Crippen LogP contribution in [0.3, 0.4) is 0 Å². The van der Waals surface area contributed by atoms with Gasteiger partial charge in [-0.15, -0.1) is 22.7 Å². The summed E-state index contributed by atoms with van der Waals surface area (Å²) >= 11 is 2.71. The molecule has 0 aliphatic carbocycles. The van der Waals surface area contributed by atoms with Crippen molar-refractivity contribution >= 4 is 33.7 Å². The zero-order chi connectivity index (χ0) is 17.2. The van der Waals surface area contributed by atoms with Crippen LogP contribution in [-0.4, -0.2) is 31.1 Å². The maximum Gasteiger partial charge on any atom is 0.276 e. The van der Waals surface area contributed by atoms with Crippen molar-refractivity contribution in [3.05, 3.63) is 52.6 Å². The summed E-state index contributed by atoms with van der Waals surface area (Å²) in [6.45, 7) is 2.04. The van der Waals surface area contributed by atoms with Crippen LogP contribution in [0, 0.1) is 6.92 Å².